The summed E-state index contributed by atoms with van der Waals surface area (Å²) in [7, 11) is 1.57. The van der Waals surface area contributed by atoms with Crippen LogP contribution in [0.5, 0.6) is 5.75 Å². The molecule has 0 bridgehead atoms. The van der Waals surface area contributed by atoms with Gasteiger partial charge in [0.05, 0.1) is 12.7 Å². The van der Waals surface area contributed by atoms with E-state index < -0.39 is 0 Å². The Bertz CT molecular complexity index is 489. The van der Waals surface area contributed by atoms with E-state index in [-0.39, 0.29) is 5.78 Å². The van der Waals surface area contributed by atoms with E-state index in [1.807, 2.05) is 30.3 Å². The van der Waals surface area contributed by atoms with Gasteiger partial charge >= 0.3 is 0 Å². The van der Waals surface area contributed by atoms with Gasteiger partial charge in [0.1, 0.15) is 5.75 Å². The number of ketones is 1. The van der Waals surface area contributed by atoms with Gasteiger partial charge in [-0.25, -0.2) is 0 Å². The molecule has 80 valence electrons. The number of carbonyl (C=O) groups is 1. The Labute approximate surface area is 94.5 Å². The van der Waals surface area contributed by atoms with Gasteiger partial charge in [-0.15, -0.1) is 0 Å². The van der Waals surface area contributed by atoms with Crippen molar-refractivity contribution in [3.8, 4) is 5.75 Å². The Balaban J connectivity index is 2.42. The summed E-state index contributed by atoms with van der Waals surface area (Å²) in [6, 6.07) is 16.4. The molecule has 0 radical (unpaired) electrons. The highest BCUT2D eigenvalue weighted by molar-refractivity contribution is 6.10. The van der Waals surface area contributed by atoms with E-state index in [0.29, 0.717) is 16.9 Å². The standard InChI is InChI=1S/C14H12O2/c1-16-13-10-6-5-9-12(13)14(15)11-7-3-2-4-8-11/h2-10H,1H3. The summed E-state index contributed by atoms with van der Waals surface area (Å²) < 4.78 is 5.17. The Morgan fingerprint density at radius 2 is 1.56 bits per heavy atom. The van der Waals surface area contributed by atoms with Gasteiger partial charge in [0, 0.05) is 5.56 Å². The minimum atomic E-state index is -0.0157. The summed E-state index contributed by atoms with van der Waals surface area (Å²) >= 11 is 0. The summed E-state index contributed by atoms with van der Waals surface area (Å²) in [6.45, 7) is 0. The molecule has 0 N–H and O–H groups in total. The van der Waals surface area contributed by atoms with Gasteiger partial charge in [0.25, 0.3) is 0 Å². The molecule has 0 fully saturated rings. The number of para-hydroxylation sites is 1. The molecule has 2 rings (SSSR count). The van der Waals surface area contributed by atoms with Crippen molar-refractivity contribution in [2.45, 2.75) is 0 Å². The minimum Gasteiger partial charge on any atom is -0.496 e. The lowest BCUT2D eigenvalue weighted by Gasteiger charge is -2.06. The number of hydrogen-bond donors (Lipinski definition) is 0. The summed E-state index contributed by atoms with van der Waals surface area (Å²) in [5.41, 5.74) is 1.27. The second-order valence-corrected chi connectivity index (χ2v) is 3.40. The number of rotatable bonds is 3. The third-order valence-electron chi connectivity index (χ3n) is 2.39. The van der Waals surface area contributed by atoms with Crippen LogP contribution in [0.15, 0.2) is 54.6 Å². The van der Waals surface area contributed by atoms with Crippen LogP contribution in [0.3, 0.4) is 0 Å². The van der Waals surface area contributed by atoms with Gasteiger partial charge in [0.2, 0.25) is 0 Å². The van der Waals surface area contributed by atoms with Crippen LogP contribution in [-0.4, -0.2) is 12.9 Å². The average Bonchev–Trinajstić information content (AvgIpc) is 2.39. The van der Waals surface area contributed by atoms with Crippen molar-refractivity contribution in [2.24, 2.45) is 0 Å². The number of methoxy groups -OCH3 is 1. The fraction of sp³-hybridized carbons (Fsp3) is 0.0714. The van der Waals surface area contributed by atoms with E-state index in [1.165, 1.54) is 0 Å². The molecule has 16 heavy (non-hydrogen) atoms. The van der Waals surface area contributed by atoms with E-state index in [9.17, 15) is 4.79 Å². The van der Waals surface area contributed by atoms with Crippen molar-refractivity contribution in [3.63, 3.8) is 0 Å². The lowest BCUT2D eigenvalue weighted by molar-refractivity contribution is 0.103. The molecule has 0 heterocycles. The lowest BCUT2D eigenvalue weighted by atomic mass is 10.0. The molecule has 0 spiro atoms. The van der Waals surface area contributed by atoms with Crippen LogP contribution >= 0.6 is 0 Å². The first-order chi connectivity index (χ1) is 7.83. The second-order valence-electron chi connectivity index (χ2n) is 3.40. The van der Waals surface area contributed by atoms with Crippen molar-refractivity contribution in [1.29, 1.82) is 0 Å². The second kappa shape index (κ2) is 4.62. The molecule has 2 aromatic carbocycles. The Morgan fingerprint density at radius 3 is 2.25 bits per heavy atom. The van der Waals surface area contributed by atoms with Crippen molar-refractivity contribution < 1.29 is 9.53 Å². The number of carbonyl (C=O) groups excluding carboxylic acids is 1. The maximum Gasteiger partial charge on any atom is 0.196 e. The first kappa shape index (κ1) is 10.4. The molecule has 0 saturated heterocycles. The quantitative estimate of drug-likeness (QED) is 0.731. The van der Waals surface area contributed by atoms with Gasteiger partial charge in [-0.3, -0.25) is 4.79 Å². The summed E-state index contributed by atoms with van der Waals surface area (Å²) in [6.07, 6.45) is 0. The highest BCUT2D eigenvalue weighted by atomic mass is 16.5. The van der Waals surface area contributed by atoms with Crippen LogP contribution in [0.2, 0.25) is 0 Å². The molecule has 0 unspecified atom stereocenters. The molecule has 0 amide bonds. The molecule has 0 saturated carbocycles. The van der Waals surface area contributed by atoms with Gasteiger partial charge in [-0.05, 0) is 12.1 Å². The number of hydrogen-bond acceptors (Lipinski definition) is 2. The molecule has 0 aliphatic carbocycles. The molecule has 0 aromatic heterocycles. The van der Waals surface area contributed by atoms with E-state index >= 15 is 0 Å². The lowest BCUT2D eigenvalue weighted by Crippen LogP contribution is -2.03. The zero-order chi connectivity index (χ0) is 11.4. The summed E-state index contributed by atoms with van der Waals surface area (Å²) in [5, 5.41) is 0. The first-order valence-corrected chi connectivity index (χ1v) is 5.05. The number of benzene rings is 2. The molecular weight excluding hydrogens is 200 g/mol. The zero-order valence-electron chi connectivity index (χ0n) is 9.01. The van der Waals surface area contributed by atoms with Crippen molar-refractivity contribution >= 4 is 5.78 Å². The highest BCUT2D eigenvalue weighted by Gasteiger charge is 2.12. The Morgan fingerprint density at radius 1 is 0.938 bits per heavy atom. The van der Waals surface area contributed by atoms with Crippen LogP contribution in [0.4, 0.5) is 0 Å². The Hall–Kier alpha value is -2.09. The molecule has 0 aliphatic heterocycles. The van der Waals surface area contributed by atoms with Gasteiger partial charge in [-0.2, -0.15) is 0 Å². The van der Waals surface area contributed by atoms with Crippen LogP contribution in [0.1, 0.15) is 15.9 Å². The molecular formula is C14H12O2. The topological polar surface area (TPSA) is 26.3 Å². The monoisotopic (exact) mass is 212 g/mol. The van der Waals surface area contributed by atoms with Crippen LogP contribution in [0, 0.1) is 0 Å². The van der Waals surface area contributed by atoms with Gasteiger partial charge < -0.3 is 4.74 Å². The summed E-state index contributed by atoms with van der Waals surface area (Å²) in [5.74, 6) is 0.592. The average molecular weight is 212 g/mol. The SMILES string of the molecule is COc1ccccc1C(=O)c1ccccc1. The largest absolute Gasteiger partial charge is 0.496 e. The van der Waals surface area contributed by atoms with Gasteiger partial charge in [-0.1, -0.05) is 42.5 Å². The fourth-order valence-corrected chi connectivity index (χ4v) is 1.58. The molecule has 2 heteroatoms. The van der Waals surface area contributed by atoms with E-state index in [2.05, 4.69) is 0 Å². The fourth-order valence-electron chi connectivity index (χ4n) is 1.58. The van der Waals surface area contributed by atoms with Crippen LogP contribution < -0.4 is 4.74 Å². The molecule has 2 aromatic rings. The predicted molar refractivity (Wildman–Crippen MR) is 62.9 cm³/mol. The van der Waals surface area contributed by atoms with Crippen molar-refractivity contribution in [1.82, 2.24) is 0 Å². The smallest absolute Gasteiger partial charge is 0.196 e. The first-order valence-electron chi connectivity index (χ1n) is 5.05. The number of ether oxygens (including phenoxy) is 1. The van der Waals surface area contributed by atoms with E-state index in [4.69, 9.17) is 4.74 Å². The van der Waals surface area contributed by atoms with Gasteiger partial charge in [0.15, 0.2) is 5.78 Å². The molecule has 0 aliphatic rings. The highest BCUT2D eigenvalue weighted by Crippen LogP contribution is 2.20. The normalized spacial score (nSPS) is 9.81. The van der Waals surface area contributed by atoms with E-state index in [1.54, 1.807) is 31.4 Å². The van der Waals surface area contributed by atoms with Crippen LogP contribution in [-0.2, 0) is 0 Å². The van der Waals surface area contributed by atoms with Crippen molar-refractivity contribution in [3.05, 3.63) is 65.7 Å². The van der Waals surface area contributed by atoms with E-state index in [0.717, 1.165) is 0 Å². The maximum atomic E-state index is 12.1. The Kier molecular flexibility index (Phi) is 3.01. The minimum absolute atomic E-state index is 0.0157. The maximum absolute atomic E-state index is 12.1. The third kappa shape index (κ3) is 1.96. The summed E-state index contributed by atoms with van der Waals surface area (Å²) in [4.78, 5) is 12.1. The van der Waals surface area contributed by atoms with Crippen LogP contribution in [0.25, 0.3) is 0 Å². The third-order valence-corrected chi connectivity index (χ3v) is 2.39. The zero-order valence-corrected chi connectivity index (χ0v) is 9.01. The van der Waals surface area contributed by atoms with Crippen molar-refractivity contribution in [2.75, 3.05) is 7.11 Å². The predicted octanol–water partition coefficient (Wildman–Crippen LogP) is 2.93. The molecule has 0 atom stereocenters. The molecule has 2 nitrogen and oxygen atoms in total.